The van der Waals surface area contributed by atoms with Crippen LogP contribution in [-0.4, -0.2) is 18.6 Å². The van der Waals surface area contributed by atoms with E-state index in [1.54, 1.807) is 0 Å². The van der Waals surface area contributed by atoms with Gasteiger partial charge in [-0.3, -0.25) is 0 Å². The van der Waals surface area contributed by atoms with Crippen LogP contribution >= 0.6 is 0 Å². The predicted octanol–water partition coefficient (Wildman–Crippen LogP) is 2.16. The fourth-order valence-corrected chi connectivity index (χ4v) is 2.88. The van der Waals surface area contributed by atoms with Gasteiger partial charge in [-0.2, -0.15) is 0 Å². The van der Waals surface area contributed by atoms with Gasteiger partial charge in [0.2, 0.25) is 0 Å². The van der Waals surface area contributed by atoms with Crippen LogP contribution in [0, 0.1) is 12.8 Å². The minimum Gasteiger partial charge on any atom is -0.381 e. The van der Waals surface area contributed by atoms with Crippen LogP contribution < -0.4 is 10.6 Å². The van der Waals surface area contributed by atoms with Gasteiger partial charge in [0.05, 0.1) is 0 Å². The minimum atomic E-state index is 0.645. The molecule has 3 atom stereocenters. The van der Waals surface area contributed by atoms with Crippen molar-refractivity contribution in [3.63, 3.8) is 0 Å². The van der Waals surface area contributed by atoms with E-state index in [-0.39, 0.29) is 0 Å². The van der Waals surface area contributed by atoms with Crippen molar-refractivity contribution in [1.82, 2.24) is 5.32 Å². The lowest BCUT2D eigenvalue weighted by Gasteiger charge is -2.25. The normalized spacial score (nSPS) is 33.3. The number of anilines is 1. The summed E-state index contributed by atoms with van der Waals surface area (Å²) < 4.78 is 0. The second-order valence-corrected chi connectivity index (χ2v) is 4.97. The summed E-state index contributed by atoms with van der Waals surface area (Å²) in [7, 11) is 0. The number of piperidine rings is 1. The molecule has 3 rings (SSSR count). The van der Waals surface area contributed by atoms with Crippen molar-refractivity contribution in [2.75, 3.05) is 11.9 Å². The zero-order valence-corrected chi connectivity index (χ0v) is 9.16. The van der Waals surface area contributed by atoms with Gasteiger partial charge in [-0.05, 0) is 44.4 Å². The van der Waals surface area contributed by atoms with E-state index in [0.717, 1.165) is 5.92 Å². The van der Waals surface area contributed by atoms with Crippen LogP contribution in [0.5, 0.6) is 0 Å². The minimum absolute atomic E-state index is 0.645. The lowest BCUT2D eigenvalue weighted by atomic mass is 10.1. The molecule has 2 heteroatoms. The molecule has 2 nitrogen and oxygen atoms in total. The second-order valence-electron chi connectivity index (χ2n) is 4.97. The zero-order valence-electron chi connectivity index (χ0n) is 9.16. The summed E-state index contributed by atoms with van der Waals surface area (Å²) >= 11 is 0. The first kappa shape index (κ1) is 9.22. The van der Waals surface area contributed by atoms with Gasteiger partial charge in [0.1, 0.15) is 0 Å². The maximum absolute atomic E-state index is 3.64. The molecule has 1 aliphatic carbocycles. The van der Waals surface area contributed by atoms with E-state index in [1.165, 1.54) is 30.6 Å². The van der Waals surface area contributed by atoms with Crippen LogP contribution in [-0.2, 0) is 0 Å². The molecule has 0 amide bonds. The molecule has 1 aromatic carbocycles. The van der Waals surface area contributed by atoms with Gasteiger partial charge in [-0.15, -0.1) is 0 Å². The Hall–Kier alpha value is -1.02. The van der Waals surface area contributed by atoms with Crippen molar-refractivity contribution in [3.05, 3.63) is 29.8 Å². The lowest BCUT2D eigenvalue weighted by molar-refractivity contribution is 0.466. The molecule has 0 spiro atoms. The number of benzene rings is 1. The first-order chi connectivity index (χ1) is 7.31. The van der Waals surface area contributed by atoms with Gasteiger partial charge in [-0.25, -0.2) is 0 Å². The molecule has 1 saturated carbocycles. The van der Waals surface area contributed by atoms with Crippen molar-refractivity contribution in [1.29, 1.82) is 0 Å². The monoisotopic (exact) mass is 202 g/mol. The molecule has 1 heterocycles. The molecule has 2 N–H and O–H groups in total. The average Bonchev–Trinajstić information content (AvgIpc) is 2.83. The molecule has 1 aromatic rings. The Morgan fingerprint density at radius 2 is 2.00 bits per heavy atom. The Labute approximate surface area is 91.1 Å². The van der Waals surface area contributed by atoms with E-state index >= 15 is 0 Å². The maximum atomic E-state index is 3.64. The first-order valence-corrected chi connectivity index (χ1v) is 5.88. The molecule has 80 valence electrons. The van der Waals surface area contributed by atoms with E-state index in [2.05, 4.69) is 41.8 Å². The highest BCUT2D eigenvalue weighted by Crippen LogP contribution is 2.32. The van der Waals surface area contributed by atoms with Gasteiger partial charge >= 0.3 is 0 Å². The van der Waals surface area contributed by atoms with E-state index in [4.69, 9.17) is 0 Å². The third-order valence-electron chi connectivity index (χ3n) is 3.73. The SMILES string of the molecule is Cc1ccc(NC2C[C@@H]3CN[C@H]2C3)cc1. The second kappa shape index (κ2) is 3.53. The first-order valence-electron chi connectivity index (χ1n) is 5.88. The Morgan fingerprint density at radius 1 is 1.20 bits per heavy atom. The predicted molar refractivity (Wildman–Crippen MR) is 63.1 cm³/mol. The van der Waals surface area contributed by atoms with Crippen LogP contribution in [0.15, 0.2) is 24.3 Å². The molecule has 2 aliphatic rings. The summed E-state index contributed by atoms with van der Waals surface area (Å²) in [6.45, 7) is 3.36. The Bertz CT molecular complexity index is 344. The Balaban J connectivity index is 1.68. The summed E-state index contributed by atoms with van der Waals surface area (Å²) in [5.74, 6) is 0.915. The van der Waals surface area contributed by atoms with Crippen molar-refractivity contribution >= 4 is 5.69 Å². The number of hydrogen-bond acceptors (Lipinski definition) is 2. The highest BCUT2D eigenvalue weighted by atomic mass is 15.1. The van der Waals surface area contributed by atoms with Crippen LogP contribution in [0.4, 0.5) is 5.69 Å². The van der Waals surface area contributed by atoms with Crippen LogP contribution in [0.25, 0.3) is 0 Å². The summed E-state index contributed by atoms with van der Waals surface area (Å²) in [6.07, 6.45) is 2.70. The lowest BCUT2D eigenvalue weighted by Crippen LogP contribution is -2.41. The average molecular weight is 202 g/mol. The maximum Gasteiger partial charge on any atom is 0.0417 e. The van der Waals surface area contributed by atoms with Crippen molar-refractivity contribution in [3.8, 4) is 0 Å². The van der Waals surface area contributed by atoms with E-state index in [0.29, 0.717) is 12.1 Å². The molecule has 1 unspecified atom stereocenters. The summed E-state index contributed by atoms with van der Waals surface area (Å²) in [6, 6.07) is 10.1. The number of rotatable bonds is 2. The van der Waals surface area contributed by atoms with E-state index in [1.807, 2.05) is 0 Å². The number of hydrogen-bond donors (Lipinski definition) is 2. The van der Waals surface area contributed by atoms with Crippen molar-refractivity contribution in [2.24, 2.45) is 5.92 Å². The molecule has 1 saturated heterocycles. The smallest absolute Gasteiger partial charge is 0.0417 e. The summed E-state index contributed by atoms with van der Waals surface area (Å²) in [5, 5.41) is 7.21. The molecular weight excluding hydrogens is 184 g/mol. The van der Waals surface area contributed by atoms with Gasteiger partial charge in [0, 0.05) is 17.8 Å². The fraction of sp³-hybridized carbons (Fsp3) is 0.538. The van der Waals surface area contributed by atoms with Crippen molar-refractivity contribution < 1.29 is 0 Å². The van der Waals surface area contributed by atoms with Crippen molar-refractivity contribution in [2.45, 2.75) is 31.8 Å². The highest BCUT2D eigenvalue weighted by Gasteiger charge is 2.39. The molecule has 2 fully saturated rings. The topological polar surface area (TPSA) is 24.1 Å². The summed E-state index contributed by atoms with van der Waals surface area (Å²) in [5.41, 5.74) is 2.59. The van der Waals surface area contributed by atoms with Crippen LogP contribution in [0.3, 0.4) is 0 Å². The van der Waals surface area contributed by atoms with Gasteiger partial charge < -0.3 is 10.6 Å². The van der Waals surface area contributed by atoms with Crippen LogP contribution in [0.1, 0.15) is 18.4 Å². The molecule has 0 aromatic heterocycles. The van der Waals surface area contributed by atoms with Gasteiger partial charge in [-0.1, -0.05) is 17.7 Å². The number of fused-ring (bicyclic) bond motifs is 2. The molecule has 15 heavy (non-hydrogen) atoms. The molecule has 2 bridgehead atoms. The number of aryl methyl sites for hydroxylation is 1. The largest absolute Gasteiger partial charge is 0.381 e. The highest BCUT2D eigenvalue weighted by molar-refractivity contribution is 5.46. The van der Waals surface area contributed by atoms with Crippen LogP contribution in [0.2, 0.25) is 0 Å². The Morgan fingerprint density at radius 3 is 2.60 bits per heavy atom. The molecule has 0 radical (unpaired) electrons. The zero-order chi connectivity index (χ0) is 10.3. The quantitative estimate of drug-likeness (QED) is 0.768. The van der Waals surface area contributed by atoms with E-state index in [9.17, 15) is 0 Å². The molecular formula is C13H18N2. The Kier molecular flexibility index (Phi) is 2.17. The van der Waals surface area contributed by atoms with Gasteiger partial charge in [0.25, 0.3) is 0 Å². The number of nitrogens with one attached hydrogen (secondary N) is 2. The van der Waals surface area contributed by atoms with Gasteiger partial charge in [0.15, 0.2) is 0 Å². The molecule has 1 aliphatic heterocycles. The van der Waals surface area contributed by atoms with E-state index < -0.39 is 0 Å². The third-order valence-corrected chi connectivity index (χ3v) is 3.73. The summed E-state index contributed by atoms with van der Waals surface area (Å²) in [4.78, 5) is 0. The standard InChI is InChI=1S/C13H18N2/c1-9-2-4-11(5-3-9)15-13-7-10-6-12(13)14-8-10/h2-5,10,12-15H,6-8H2,1H3/t10-,12+,13?/m1/s1. The fourth-order valence-electron chi connectivity index (χ4n) is 2.88. The third kappa shape index (κ3) is 1.74.